The monoisotopic (exact) mass is 477 g/mol. The van der Waals surface area contributed by atoms with Crippen molar-refractivity contribution in [1.29, 1.82) is 0 Å². The molecule has 35 heavy (non-hydrogen) atoms. The molecule has 0 amide bonds. The van der Waals surface area contributed by atoms with Crippen LogP contribution in [0.15, 0.2) is 35.2 Å². The third-order valence-electron chi connectivity index (χ3n) is 6.24. The fraction of sp³-hybridized carbons (Fsp3) is 0.360. The molecule has 3 aromatic heterocycles. The van der Waals surface area contributed by atoms with E-state index in [9.17, 15) is 9.90 Å². The number of carboxylic acids is 1. The predicted molar refractivity (Wildman–Crippen MR) is 129 cm³/mol. The zero-order valence-corrected chi connectivity index (χ0v) is 20.0. The van der Waals surface area contributed by atoms with Crippen molar-refractivity contribution in [2.75, 3.05) is 19.5 Å². The van der Waals surface area contributed by atoms with Crippen molar-refractivity contribution in [2.45, 2.75) is 45.2 Å². The number of aromatic carboxylic acids is 1. The number of fused-ring (bicyclic) bond motifs is 1. The SMILES string of the molecule is COc1ccc(CNc2ncnc3c2c(-c2noc(C4CC4)c2C(=O)O)cn3C(C)C)c(OC)c1. The van der Waals surface area contributed by atoms with Gasteiger partial charge in [-0.05, 0) is 38.8 Å². The van der Waals surface area contributed by atoms with Crippen molar-refractivity contribution in [2.24, 2.45) is 0 Å². The number of nitrogens with one attached hydrogen (secondary N) is 1. The van der Waals surface area contributed by atoms with Crippen LogP contribution in [0.5, 0.6) is 11.5 Å². The van der Waals surface area contributed by atoms with Gasteiger partial charge in [-0.25, -0.2) is 14.8 Å². The fourth-order valence-electron chi connectivity index (χ4n) is 4.29. The molecule has 1 aliphatic carbocycles. The number of methoxy groups -OCH3 is 2. The smallest absolute Gasteiger partial charge is 0.341 e. The van der Waals surface area contributed by atoms with Gasteiger partial charge in [-0.15, -0.1) is 0 Å². The van der Waals surface area contributed by atoms with Gasteiger partial charge in [0.1, 0.15) is 40.5 Å². The van der Waals surface area contributed by atoms with Gasteiger partial charge in [-0.1, -0.05) is 5.16 Å². The second-order valence-corrected chi connectivity index (χ2v) is 8.85. The van der Waals surface area contributed by atoms with Crippen LogP contribution in [0.25, 0.3) is 22.3 Å². The molecule has 0 bridgehead atoms. The summed E-state index contributed by atoms with van der Waals surface area (Å²) in [6.45, 7) is 4.50. The zero-order valence-electron chi connectivity index (χ0n) is 20.0. The molecule has 1 fully saturated rings. The Morgan fingerprint density at radius 2 is 2.06 bits per heavy atom. The third-order valence-corrected chi connectivity index (χ3v) is 6.24. The first-order chi connectivity index (χ1) is 16.9. The number of aromatic nitrogens is 4. The molecular formula is C25H27N5O5. The van der Waals surface area contributed by atoms with Gasteiger partial charge in [0.15, 0.2) is 5.76 Å². The lowest BCUT2D eigenvalue weighted by molar-refractivity contribution is 0.0695. The number of ether oxygens (including phenoxy) is 2. The molecule has 1 saturated carbocycles. The number of rotatable bonds is 9. The highest BCUT2D eigenvalue weighted by molar-refractivity contribution is 6.05. The normalized spacial score (nSPS) is 13.4. The average molecular weight is 478 g/mol. The lowest BCUT2D eigenvalue weighted by Crippen LogP contribution is -2.05. The lowest BCUT2D eigenvalue weighted by Gasteiger charge is -2.13. The molecule has 182 valence electrons. The summed E-state index contributed by atoms with van der Waals surface area (Å²) < 4.78 is 18.3. The molecule has 0 saturated heterocycles. The molecule has 2 N–H and O–H groups in total. The van der Waals surface area contributed by atoms with Gasteiger partial charge >= 0.3 is 5.97 Å². The number of hydrogen-bond donors (Lipinski definition) is 2. The minimum absolute atomic E-state index is 0.0822. The summed E-state index contributed by atoms with van der Waals surface area (Å²) in [5.41, 5.74) is 2.62. The summed E-state index contributed by atoms with van der Waals surface area (Å²) in [4.78, 5) is 21.2. The van der Waals surface area contributed by atoms with E-state index in [0.717, 1.165) is 18.4 Å². The van der Waals surface area contributed by atoms with Crippen LogP contribution >= 0.6 is 0 Å². The van der Waals surface area contributed by atoms with E-state index >= 15 is 0 Å². The molecule has 1 aliphatic rings. The van der Waals surface area contributed by atoms with Gasteiger partial charge in [-0.3, -0.25) is 0 Å². The van der Waals surface area contributed by atoms with Gasteiger partial charge in [0.05, 0.1) is 19.6 Å². The molecule has 1 aromatic carbocycles. The third kappa shape index (κ3) is 4.05. The highest BCUT2D eigenvalue weighted by Gasteiger charge is 2.36. The minimum atomic E-state index is -1.05. The number of benzene rings is 1. The van der Waals surface area contributed by atoms with Gasteiger partial charge in [0.25, 0.3) is 0 Å². The number of carbonyl (C=O) groups is 1. The number of nitrogens with zero attached hydrogens (tertiary/aromatic N) is 4. The zero-order chi connectivity index (χ0) is 24.7. The Balaban J connectivity index is 1.62. The van der Waals surface area contributed by atoms with Gasteiger partial charge < -0.3 is 29.0 Å². The number of anilines is 1. The summed E-state index contributed by atoms with van der Waals surface area (Å²) in [7, 11) is 3.21. The summed E-state index contributed by atoms with van der Waals surface area (Å²) in [6, 6.07) is 5.69. The molecule has 10 heteroatoms. The first-order valence-electron chi connectivity index (χ1n) is 11.5. The van der Waals surface area contributed by atoms with Crippen LogP contribution in [0, 0.1) is 0 Å². The van der Waals surface area contributed by atoms with Crippen molar-refractivity contribution in [1.82, 2.24) is 19.7 Å². The molecule has 5 rings (SSSR count). The van der Waals surface area contributed by atoms with Crippen LogP contribution in [-0.2, 0) is 6.54 Å². The number of carboxylic acid groups (broad SMARTS) is 1. The largest absolute Gasteiger partial charge is 0.497 e. The molecule has 3 heterocycles. The molecule has 10 nitrogen and oxygen atoms in total. The van der Waals surface area contributed by atoms with E-state index in [4.69, 9.17) is 14.0 Å². The molecular weight excluding hydrogens is 450 g/mol. The first-order valence-corrected chi connectivity index (χ1v) is 11.5. The molecule has 0 aliphatic heterocycles. The second-order valence-electron chi connectivity index (χ2n) is 8.85. The summed E-state index contributed by atoms with van der Waals surface area (Å²) in [5.74, 6) is 1.44. The van der Waals surface area contributed by atoms with Crippen LogP contribution in [0.2, 0.25) is 0 Å². The summed E-state index contributed by atoms with van der Waals surface area (Å²) in [6.07, 6.45) is 5.18. The summed E-state index contributed by atoms with van der Waals surface area (Å²) in [5, 5.41) is 18.3. The van der Waals surface area contributed by atoms with E-state index in [-0.39, 0.29) is 17.5 Å². The van der Waals surface area contributed by atoms with Crippen LogP contribution in [0.1, 0.15) is 60.3 Å². The van der Waals surface area contributed by atoms with Crippen molar-refractivity contribution < 1.29 is 23.9 Å². The number of hydrogen-bond acceptors (Lipinski definition) is 8. The maximum Gasteiger partial charge on any atom is 0.341 e. The van der Waals surface area contributed by atoms with E-state index in [1.54, 1.807) is 14.2 Å². The highest BCUT2D eigenvalue weighted by Crippen LogP contribution is 2.45. The van der Waals surface area contributed by atoms with Crippen molar-refractivity contribution >= 4 is 22.8 Å². The Bertz CT molecular complexity index is 1400. The Hall–Kier alpha value is -4.08. The van der Waals surface area contributed by atoms with Crippen LogP contribution in [0.3, 0.4) is 0 Å². The molecule has 0 atom stereocenters. The van der Waals surface area contributed by atoms with Gasteiger partial charge in [0, 0.05) is 41.9 Å². The average Bonchev–Trinajstić information content (AvgIpc) is 3.47. The Kier molecular flexibility index (Phi) is 5.80. The Morgan fingerprint density at radius 3 is 2.71 bits per heavy atom. The van der Waals surface area contributed by atoms with E-state index in [1.165, 1.54) is 6.33 Å². The lowest BCUT2D eigenvalue weighted by atomic mass is 10.0. The van der Waals surface area contributed by atoms with E-state index < -0.39 is 5.97 Å². The van der Waals surface area contributed by atoms with E-state index in [2.05, 4.69) is 20.4 Å². The quantitative estimate of drug-likeness (QED) is 0.347. The Morgan fingerprint density at radius 1 is 1.26 bits per heavy atom. The van der Waals surface area contributed by atoms with Crippen molar-refractivity contribution in [3.8, 4) is 22.8 Å². The second kappa shape index (κ2) is 8.94. The van der Waals surface area contributed by atoms with Crippen molar-refractivity contribution in [3.63, 3.8) is 0 Å². The summed E-state index contributed by atoms with van der Waals surface area (Å²) >= 11 is 0. The van der Waals surface area contributed by atoms with Gasteiger partial charge in [0.2, 0.25) is 0 Å². The van der Waals surface area contributed by atoms with Crippen LogP contribution < -0.4 is 14.8 Å². The fourth-order valence-corrected chi connectivity index (χ4v) is 4.29. The topological polar surface area (TPSA) is 125 Å². The van der Waals surface area contributed by atoms with E-state index in [0.29, 0.717) is 51.9 Å². The maximum atomic E-state index is 12.2. The Labute approximate surface area is 201 Å². The standard InChI is InChI=1S/C25H27N5O5/c1-13(2)30-11-17(21-20(25(31)32)22(35-29-21)14-5-6-14)19-23(27-12-28-24(19)30)26-10-15-7-8-16(33-3)9-18(15)34-4/h7-9,11-14H,5-6,10H2,1-4H3,(H,31,32)(H,26,27,28). The predicted octanol–water partition coefficient (Wildman–Crippen LogP) is 4.87. The first kappa shape index (κ1) is 22.7. The molecule has 0 unspecified atom stereocenters. The molecule has 4 aromatic rings. The highest BCUT2D eigenvalue weighted by atomic mass is 16.5. The molecule has 0 radical (unpaired) electrons. The van der Waals surface area contributed by atoms with Crippen molar-refractivity contribution in [3.05, 3.63) is 47.6 Å². The maximum absolute atomic E-state index is 12.2. The minimum Gasteiger partial charge on any atom is -0.497 e. The molecule has 0 spiro atoms. The van der Waals surface area contributed by atoms with Crippen LogP contribution in [0.4, 0.5) is 5.82 Å². The van der Waals surface area contributed by atoms with Gasteiger partial charge in [-0.2, -0.15) is 0 Å². The van der Waals surface area contributed by atoms with E-state index in [1.807, 2.05) is 42.8 Å². The van der Waals surface area contributed by atoms with Crippen LogP contribution in [-0.4, -0.2) is 45.0 Å².